The van der Waals surface area contributed by atoms with Gasteiger partial charge in [0.05, 0.1) is 18.1 Å². The summed E-state index contributed by atoms with van der Waals surface area (Å²) in [6.45, 7) is 3.73. The average molecular weight is 405 g/mol. The SMILES string of the molecule is COC(=O)Cc1nc2cc(C(C)=O)ccc2n1-c1cccc(C2CCCN(C)C2)c1. The molecule has 0 N–H and O–H groups in total. The van der Waals surface area contributed by atoms with Crippen molar-refractivity contribution in [2.45, 2.75) is 32.1 Å². The molecule has 1 atom stereocenters. The van der Waals surface area contributed by atoms with E-state index in [1.54, 1.807) is 6.07 Å². The Morgan fingerprint density at radius 3 is 2.77 bits per heavy atom. The number of methoxy groups -OCH3 is 1. The smallest absolute Gasteiger partial charge is 0.313 e. The van der Waals surface area contributed by atoms with Gasteiger partial charge in [0.25, 0.3) is 0 Å². The van der Waals surface area contributed by atoms with Crippen LogP contribution in [0.25, 0.3) is 16.7 Å². The molecule has 0 radical (unpaired) electrons. The van der Waals surface area contributed by atoms with Crippen LogP contribution in [-0.4, -0.2) is 53.5 Å². The second-order valence-corrected chi connectivity index (χ2v) is 8.07. The summed E-state index contributed by atoms with van der Waals surface area (Å²) < 4.78 is 6.89. The highest BCUT2D eigenvalue weighted by atomic mass is 16.5. The Bertz CT molecular complexity index is 1100. The minimum atomic E-state index is -0.344. The molecule has 2 aromatic carbocycles. The van der Waals surface area contributed by atoms with E-state index in [0.29, 0.717) is 22.8 Å². The van der Waals surface area contributed by atoms with Crippen molar-refractivity contribution in [1.29, 1.82) is 0 Å². The number of hydrogen-bond acceptors (Lipinski definition) is 5. The van der Waals surface area contributed by atoms with Crippen molar-refractivity contribution in [2.75, 3.05) is 27.2 Å². The van der Waals surface area contributed by atoms with Crippen molar-refractivity contribution >= 4 is 22.8 Å². The zero-order chi connectivity index (χ0) is 21.3. The number of rotatable bonds is 5. The number of piperidine rings is 1. The van der Waals surface area contributed by atoms with Crippen LogP contribution in [0.2, 0.25) is 0 Å². The maximum Gasteiger partial charge on any atom is 0.313 e. The number of carbonyl (C=O) groups is 2. The number of benzene rings is 2. The number of carbonyl (C=O) groups excluding carboxylic acids is 2. The first kappa shape index (κ1) is 20.3. The van der Waals surface area contributed by atoms with Crippen molar-refractivity contribution in [3.8, 4) is 5.69 Å². The summed E-state index contributed by atoms with van der Waals surface area (Å²) >= 11 is 0. The lowest BCUT2D eigenvalue weighted by Crippen LogP contribution is -2.30. The molecule has 3 aromatic rings. The molecular weight excluding hydrogens is 378 g/mol. The highest BCUT2D eigenvalue weighted by Gasteiger charge is 2.21. The van der Waals surface area contributed by atoms with Gasteiger partial charge in [-0.2, -0.15) is 0 Å². The molecule has 0 aliphatic carbocycles. The Morgan fingerprint density at radius 1 is 1.20 bits per heavy atom. The van der Waals surface area contributed by atoms with Crippen molar-refractivity contribution in [1.82, 2.24) is 14.5 Å². The number of likely N-dealkylation sites (N-methyl/N-ethyl adjacent to an activating group) is 1. The summed E-state index contributed by atoms with van der Waals surface area (Å²) in [5.74, 6) is 0.745. The number of Topliss-reactive ketones (excluding diaryl/α,β-unsaturated/α-hetero) is 1. The first-order chi connectivity index (χ1) is 14.5. The standard InChI is InChI=1S/C24H27N3O3/c1-16(28)17-9-10-22-21(13-17)25-23(14-24(29)30-3)27(22)20-8-4-6-18(12-20)19-7-5-11-26(2)15-19/h4,6,8-10,12-13,19H,5,7,11,14-15H2,1-3H3. The number of nitrogens with zero attached hydrogens (tertiary/aromatic N) is 3. The van der Waals surface area contributed by atoms with E-state index in [1.807, 2.05) is 22.8 Å². The van der Waals surface area contributed by atoms with Crippen LogP contribution in [0, 0.1) is 0 Å². The maximum atomic E-state index is 12.0. The molecule has 2 heterocycles. The Balaban J connectivity index is 1.82. The van der Waals surface area contributed by atoms with Crippen LogP contribution in [0.1, 0.15) is 47.4 Å². The molecule has 6 nitrogen and oxygen atoms in total. The third-order valence-corrected chi connectivity index (χ3v) is 5.88. The van der Waals surface area contributed by atoms with E-state index in [1.165, 1.54) is 32.4 Å². The summed E-state index contributed by atoms with van der Waals surface area (Å²) in [7, 11) is 3.55. The number of esters is 1. The predicted octanol–water partition coefficient (Wildman–Crippen LogP) is 3.75. The van der Waals surface area contributed by atoms with Crippen molar-refractivity contribution in [2.24, 2.45) is 0 Å². The lowest BCUT2D eigenvalue weighted by molar-refractivity contribution is -0.139. The van der Waals surface area contributed by atoms with Gasteiger partial charge in [0, 0.05) is 17.8 Å². The highest BCUT2D eigenvalue weighted by molar-refractivity contribution is 5.97. The third-order valence-electron chi connectivity index (χ3n) is 5.88. The first-order valence-electron chi connectivity index (χ1n) is 10.3. The van der Waals surface area contributed by atoms with Gasteiger partial charge in [-0.1, -0.05) is 12.1 Å². The lowest BCUT2D eigenvalue weighted by Gasteiger charge is -2.30. The molecule has 0 bridgehead atoms. The van der Waals surface area contributed by atoms with Gasteiger partial charge in [0.2, 0.25) is 0 Å². The van der Waals surface area contributed by atoms with Crippen molar-refractivity contribution in [3.63, 3.8) is 0 Å². The van der Waals surface area contributed by atoms with Crippen LogP contribution in [0.5, 0.6) is 0 Å². The fourth-order valence-corrected chi connectivity index (χ4v) is 4.31. The molecule has 1 fully saturated rings. The Labute approximate surface area is 176 Å². The number of fused-ring (bicyclic) bond motifs is 1. The van der Waals surface area contributed by atoms with Crippen LogP contribution < -0.4 is 0 Å². The zero-order valence-corrected chi connectivity index (χ0v) is 17.7. The van der Waals surface area contributed by atoms with E-state index < -0.39 is 0 Å². The lowest BCUT2D eigenvalue weighted by atomic mass is 9.90. The molecule has 1 unspecified atom stereocenters. The summed E-state index contributed by atoms with van der Waals surface area (Å²) in [4.78, 5) is 30.9. The van der Waals surface area contributed by atoms with Gasteiger partial charge in [-0.3, -0.25) is 14.2 Å². The third kappa shape index (κ3) is 4.00. The van der Waals surface area contributed by atoms with Gasteiger partial charge in [-0.25, -0.2) is 4.98 Å². The van der Waals surface area contributed by atoms with Crippen LogP contribution in [0.3, 0.4) is 0 Å². The van der Waals surface area contributed by atoms with Gasteiger partial charge < -0.3 is 9.64 Å². The molecule has 4 rings (SSSR count). The van der Waals surface area contributed by atoms with Gasteiger partial charge in [0.1, 0.15) is 12.2 Å². The first-order valence-corrected chi connectivity index (χ1v) is 10.3. The summed E-state index contributed by atoms with van der Waals surface area (Å²) in [6, 6.07) is 14.0. The second kappa shape index (κ2) is 8.40. The molecule has 1 aromatic heterocycles. The summed E-state index contributed by atoms with van der Waals surface area (Å²) in [6.07, 6.45) is 2.44. The van der Waals surface area contributed by atoms with Gasteiger partial charge >= 0.3 is 5.97 Å². The molecule has 1 saturated heterocycles. The normalized spacial score (nSPS) is 17.2. The van der Waals surface area contributed by atoms with Crippen molar-refractivity contribution < 1.29 is 14.3 Å². The molecule has 0 saturated carbocycles. The van der Waals surface area contributed by atoms with Crippen LogP contribution in [-0.2, 0) is 16.0 Å². The molecule has 30 heavy (non-hydrogen) atoms. The predicted molar refractivity (Wildman–Crippen MR) is 116 cm³/mol. The number of aromatic nitrogens is 2. The monoisotopic (exact) mass is 405 g/mol. The van der Waals surface area contributed by atoms with Crippen LogP contribution in [0.4, 0.5) is 0 Å². The molecule has 1 aliphatic rings. The number of ether oxygens (including phenoxy) is 1. The minimum Gasteiger partial charge on any atom is -0.469 e. The second-order valence-electron chi connectivity index (χ2n) is 8.07. The minimum absolute atomic E-state index is 0.00983. The fraction of sp³-hybridized carbons (Fsp3) is 0.375. The fourth-order valence-electron chi connectivity index (χ4n) is 4.31. The topological polar surface area (TPSA) is 64.4 Å². The maximum absolute atomic E-state index is 12.0. The van der Waals surface area contributed by atoms with Gasteiger partial charge in [-0.15, -0.1) is 0 Å². The zero-order valence-electron chi connectivity index (χ0n) is 17.7. The molecular formula is C24H27N3O3. The number of likely N-dealkylation sites (tertiary alicyclic amines) is 1. The number of imidazole rings is 1. The van der Waals surface area contributed by atoms with Crippen molar-refractivity contribution in [3.05, 3.63) is 59.4 Å². The molecule has 156 valence electrons. The highest BCUT2D eigenvalue weighted by Crippen LogP contribution is 2.30. The quantitative estimate of drug-likeness (QED) is 0.478. The van der Waals surface area contributed by atoms with E-state index in [2.05, 4.69) is 35.1 Å². The largest absolute Gasteiger partial charge is 0.469 e. The summed E-state index contributed by atoms with van der Waals surface area (Å²) in [5, 5.41) is 0. The van der Waals surface area contributed by atoms with E-state index in [4.69, 9.17) is 4.74 Å². The Hall–Kier alpha value is -2.99. The summed E-state index contributed by atoms with van der Waals surface area (Å²) in [5.41, 5.74) is 4.44. The Morgan fingerprint density at radius 2 is 2.03 bits per heavy atom. The Kier molecular flexibility index (Phi) is 5.68. The van der Waals surface area contributed by atoms with E-state index in [9.17, 15) is 9.59 Å². The average Bonchev–Trinajstić information content (AvgIpc) is 3.10. The van der Waals surface area contributed by atoms with Gasteiger partial charge in [0.15, 0.2) is 5.78 Å². The molecule has 0 spiro atoms. The van der Waals surface area contributed by atoms with Crippen LogP contribution in [0.15, 0.2) is 42.5 Å². The molecule has 6 heteroatoms. The number of ketones is 1. The number of hydrogen-bond donors (Lipinski definition) is 0. The molecule has 1 aliphatic heterocycles. The van der Waals surface area contributed by atoms with Gasteiger partial charge in [-0.05, 0) is 75.2 Å². The molecule has 0 amide bonds. The van der Waals surface area contributed by atoms with E-state index in [-0.39, 0.29) is 18.2 Å². The van der Waals surface area contributed by atoms with E-state index in [0.717, 1.165) is 24.3 Å². The van der Waals surface area contributed by atoms with Crippen LogP contribution >= 0.6 is 0 Å². The van der Waals surface area contributed by atoms with E-state index >= 15 is 0 Å².